The standard InChI is InChI=1S/C20H24O7/c1-5-9(2)17(22)26-13-7-19(8-25-19)15-12(21)6-10(3)20(15,24)16-14(13)11(4)18(23)27-16/h5-6,12-16,21,24H,4,7-8H2,1-3H3/b9-5-/t12-,13-,14-,15+,16+,19-,20-/m1/s1. The quantitative estimate of drug-likeness (QED) is 0.318. The van der Waals surface area contributed by atoms with Gasteiger partial charge in [0.2, 0.25) is 0 Å². The number of aliphatic hydroxyl groups is 2. The summed E-state index contributed by atoms with van der Waals surface area (Å²) in [5.41, 5.74) is -1.33. The molecule has 2 aliphatic carbocycles. The maximum absolute atomic E-state index is 12.4. The van der Waals surface area contributed by atoms with Crippen molar-refractivity contribution in [3.05, 3.63) is 35.5 Å². The minimum absolute atomic E-state index is 0.162. The molecule has 2 aliphatic heterocycles. The van der Waals surface area contributed by atoms with E-state index in [1.165, 1.54) is 0 Å². The molecule has 2 heterocycles. The molecule has 146 valence electrons. The molecule has 2 saturated heterocycles. The third-order valence-electron chi connectivity index (χ3n) is 6.57. The van der Waals surface area contributed by atoms with E-state index in [0.29, 0.717) is 17.8 Å². The highest BCUT2D eigenvalue weighted by atomic mass is 16.6. The van der Waals surface area contributed by atoms with Gasteiger partial charge in [-0.2, -0.15) is 0 Å². The lowest BCUT2D eigenvalue weighted by Crippen LogP contribution is -2.55. The summed E-state index contributed by atoms with van der Waals surface area (Å²) in [4.78, 5) is 24.7. The van der Waals surface area contributed by atoms with Gasteiger partial charge in [0.05, 0.1) is 24.5 Å². The molecule has 1 saturated carbocycles. The van der Waals surface area contributed by atoms with Gasteiger partial charge in [0.25, 0.3) is 0 Å². The molecule has 0 bridgehead atoms. The molecule has 0 aromatic rings. The second kappa shape index (κ2) is 5.77. The summed E-state index contributed by atoms with van der Waals surface area (Å²) in [5, 5.41) is 22.3. The topological polar surface area (TPSA) is 106 Å². The number of ether oxygens (including phenoxy) is 3. The maximum Gasteiger partial charge on any atom is 0.334 e. The van der Waals surface area contributed by atoms with Crippen molar-refractivity contribution in [2.75, 3.05) is 6.61 Å². The Bertz CT molecular complexity index is 790. The summed E-state index contributed by atoms with van der Waals surface area (Å²) in [6.07, 6.45) is 0.770. The van der Waals surface area contributed by atoms with Crippen molar-refractivity contribution in [3.63, 3.8) is 0 Å². The van der Waals surface area contributed by atoms with Crippen LogP contribution in [0.25, 0.3) is 0 Å². The van der Waals surface area contributed by atoms with Crippen molar-refractivity contribution >= 4 is 11.9 Å². The largest absolute Gasteiger partial charge is 0.458 e. The summed E-state index contributed by atoms with van der Waals surface area (Å²) in [6.45, 7) is 9.23. The van der Waals surface area contributed by atoms with Gasteiger partial charge >= 0.3 is 11.9 Å². The molecule has 27 heavy (non-hydrogen) atoms. The average molecular weight is 376 g/mol. The van der Waals surface area contributed by atoms with E-state index >= 15 is 0 Å². The number of fused-ring (bicyclic) bond motifs is 4. The van der Waals surface area contributed by atoms with Crippen molar-refractivity contribution in [1.82, 2.24) is 0 Å². The summed E-state index contributed by atoms with van der Waals surface area (Å²) < 4.78 is 16.9. The Kier molecular flexibility index (Phi) is 3.93. The van der Waals surface area contributed by atoms with Crippen LogP contribution in [0.3, 0.4) is 0 Å². The lowest BCUT2D eigenvalue weighted by Gasteiger charge is -2.39. The number of hydrogen-bond donors (Lipinski definition) is 2. The first-order valence-electron chi connectivity index (χ1n) is 9.12. The van der Waals surface area contributed by atoms with Gasteiger partial charge in [0, 0.05) is 17.6 Å². The number of rotatable bonds is 2. The Morgan fingerprint density at radius 3 is 2.74 bits per heavy atom. The molecule has 2 N–H and O–H groups in total. The first kappa shape index (κ1) is 18.4. The van der Waals surface area contributed by atoms with E-state index < -0.39 is 53.3 Å². The third-order valence-corrected chi connectivity index (χ3v) is 6.57. The van der Waals surface area contributed by atoms with E-state index in [4.69, 9.17) is 14.2 Å². The molecular formula is C20H24O7. The highest BCUT2D eigenvalue weighted by Gasteiger charge is 2.73. The van der Waals surface area contributed by atoms with E-state index in [0.717, 1.165) is 0 Å². The normalized spacial score (nSPS) is 45.7. The Balaban J connectivity index is 1.80. The number of epoxide rings is 1. The van der Waals surface area contributed by atoms with Crippen molar-refractivity contribution < 1.29 is 34.0 Å². The molecule has 4 aliphatic rings. The number of aliphatic hydroxyl groups excluding tert-OH is 1. The number of hydrogen-bond acceptors (Lipinski definition) is 7. The highest BCUT2D eigenvalue weighted by Crippen LogP contribution is 2.59. The fraction of sp³-hybridized carbons (Fsp3) is 0.600. The fourth-order valence-electron chi connectivity index (χ4n) is 4.92. The molecule has 7 atom stereocenters. The van der Waals surface area contributed by atoms with Crippen molar-refractivity contribution in [3.8, 4) is 0 Å². The molecule has 1 spiro atoms. The zero-order valence-corrected chi connectivity index (χ0v) is 15.6. The Morgan fingerprint density at radius 2 is 2.15 bits per heavy atom. The van der Waals surface area contributed by atoms with Crippen LogP contribution in [0.15, 0.2) is 35.5 Å². The van der Waals surface area contributed by atoms with Crippen molar-refractivity contribution in [2.24, 2.45) is 11.8 Å². The summed E-state index contributed by atoms with van der Waals surface area (Å²) in [7, 11) is 0. The third kappa shape index (κ3) is 2.38. The van der Waals surface area contributed by atoms with E-state index in [-0.39, 0.29) is 12.0 Å². The van der Waals surface area contributed by atoms with Gasteiger partial charge in [-0.05, 0) is 26.3 Å². The van der Waals surface area contributed by atoms with Gasteiger partial charge in [0.1, 0.15) is 23.4 Å². The van der Waals surface area contributed by atoms with Crippen LogP contribution >= 0.6 is 0 Å². The number of allylic oxidation sites excluding steroid dienone is 1. The molecule has 0 amide bonds. The van der Waals surface area contributed by atoms with Gasteiger partial charge in [-0.25, -0.2) is 9.59 Å². The van der Waals surface area contributed by atoms with E-state index in [2.05, 4.69) is 6.58 Å². The average Bonchev–Trinajstić information content (AvgIpc) is 3.26. The van der Waals surface area contributed by atoms with Crippen molar-refractivity contribution in [2.45, 2.75) is 56.7 Å². The van der Waals surface area contributed by atoms with Crippen LogP contribution in [-0.4, -0.2) is 58.3 Å². The smallest absolute Gasteiger partial charge is 0.334 e. The van der Waals surface area contributed by atoms with Gasteiger partial charge in [-0.1, -0.05) is 18.7 Å². The molecule has 0 aromatic carbocycles. The zero-order valence-electron chi connectivity index (χ0n) is 15.6. The lowest BCUT2D eigenvalue weighted by atomic mass is 9.73. The molecule has 0 radical (unpaired) electrons. The van der Waals surface area contributed by atoms with Crippen LogP contribution in [0.4, 0.5) is 0 Å². The van der Waals surface area contributed by atoms with Gasteiger partial charge in [-0.15, -0.1) is 0 Å². The maximum atomic E-state index is 12.4. The minimum atomic E-state index is -1.60. The molecule has 0 aromatic heterocycles. The molecule has 4 rings (SSSR count). The van der Waals surface area contributed by atoms with Crippen LogP contribution in [0, 0.1) is 11.8 Å². The second-order valence-electron chi connectivity index (χ2n) is 7.99. The van der Waals surface area contributed by atoms with Crippen LogP contribution in [0.5, 0.6) is 0 Å². The molecule has 7 nitrogen and oxygen atoms in total. The van der Waals surface area contributed by atoms with Crippen molar-refractivity contribution in [1.29, 1.82) is 0 Å². The van der Waals surface area contributed by atoms with E-state index in [1.807, 2.05) is 0 Å². The molecular weight excluding hydrogens is 352 g/mol. The molecule has 3 fully saturated rings. The first-order chi connectivity index (χ1) is 12.7. The lowest BCUT2D eigenvalue weighted by molar-refractivity contribution is -0.162. The summed E-state index contributed by atoms with van der Waals surface area (Å²) >= 11 is 0. The number of carbonyl (C=O) groups excluding carboxylic acids is 2. The monoisotopic (exact) mass is 376 g/mol. The summed E-state index contributed by atoms with van der Waals surface area (Å²) in [5.74, 6) is -2.54. The fourth-order valence-corrected chi connectivity index (χ4v) is 4.92. The minimum Gasteiger partial charge on any atom is -0.458 e. The number of carbonyl (C=O) groups is 2. The van der Waals surface area contributed by atoms with Gasteiger partial charge in [-0.3, -0.25) is 0 Å². The van der Waals surface area contributed by atoms with Crippen LogP contribution in [0.1, 0.15) is 27.2 Å². The van der Waals surface area contributed by atoms with Crippen LogP contribution in [0.2, 0.25) is 0 Å². The molecule has 7 heteroatoms. The zero-order chi connectivity index (χ0) is 19.7. The molecule has 0 unspecified atom stereocenters. The first-order valence-corrected chi connectivity index (χ1v) is 9.12. The predicted octanol–water partition coefficient (Wildman–Crippen LogP) is 0.803. The van der Waals surface area contributed by atoms with Crippen LogP contribution in [-0.2, 0) is 23.8 Å². The van der Waals surface area contributed by atoms with Gasteiger partial charge < -0.3 is 24.4 Å². The van der Waals surface area contributed by atoms with Crippen LogP contribution < -0.4 is 0 Å². The highest BCUT2D eigenvalue weighted by molar-refractivity contribution is 5.92. The Hall–Kier alpha value is -1.96. The Morgan fingerprint density at radius 1 is 1.48 bits per heavy atom. The second-order valence-corrected chi connectivity index (χ2v) is 7.99. The SMILES string of the molecule is C=C1C(=O)O[C@H]2[C@H]1[C@H](OC(=O)/C(C)=C\C)C[C@@]1(CO1)[C@@H]1[C@H](O)C=C(C)[C@]21O. The van der Waals surface area contributed by atoms with E-state index in [1.54, 1.807) is 32.9 Å². The van der Waals surface area contributed by atoms with E-state index in [9.17, 15) is 19.8 Å². The van der Waals surface area contributed by atoms with Gasteiger partial charge in [0.15, 0.2) is 0 Å². The predicted molar refractivity (Wildman–Crippen MR) is 93.3 cm³/mol. The Labute approximate surface area is 157 Å². The number of esters is 2. The summed E-state index contributed by atoms with van der Waals surface area (Å²) in [6, 6.07) is 0.